The predicted octanol–water partition coefficient (Wildman–Crippen LogP) is -2.94. The molecule has 0 spiro atoms. The number of rotatable bonds is 0. The molecule has 0 aromatic rings. The summed E-state index contributed by atoms with van der Waals surface area (Å²) < 4.78 is 24.0. The topological polar surface area (TPSA) is 66.3 Å². The van der Waals surface area contributed by atoms with Crippen molar-refractivity contribution in [3.8, 4) is 0 Å². The molecule has 0 fully saturated rings. The Bertz CT molecular complexity index is 11.6. The minimum absolute atomic E-state index is 0. The van der Waals surface area contributed by atoms with Gasteiger partial charge in [0.1, 0.15) is 0 Å². The van der Waals surface area contributed by atoms with Crippen LogP contribution in [0.3, 0.4) is 0 Å². The summed E-state index contributed by atoms with van der Waals surface area (Å²) in [6, 6.07) is 0. The van der Waals surface area contributed by atoms with Gasteiger partial charge in [-0.15, -0.1) is 0 Å². The zero-order chi connectivity index (χ0) is 3.58. The van der Waals surface area contributed by atoms with Gasteiger partial charge in [-0.2, -0.15) is 0 Å². The molecule has 0 atom stereocenters. The van der Waals surface area contributed by atoms with Crippen molar-refractivity contribution in [2.75, 3.05) is 0 Å². The second-order valence-electron chi connectivity index (χ2n) is 0.201. The van der Waals surface area contributed by atoms with Gasteiger partial charge in [-0.05, 0) is 0 Å². The fourth-order valence-corrected chi connectivity index (χ4v) is 0. The van der Waals surface area contributed by atoms with Crippen molar-refractivity contribution >= 4 is 0 Å². The Morgan fingerprint density at radius 3 is 1.40 bits per heavy atom. The summed E-state index contributed by atoms with van der Waals surface area (Å²) >= 11 is 0. The molecule has 0 amide bonds. The molecule has 5 heavy (non-hydrogen) atoms. The Balaban J connectivity index is 0. The van der Waals surface area contributed by atoms with Crippen LogP contribution >= 0.6 is 0 Å². The van der Waals surface area contributed by atoms with E-state index in [4.69, 9.17) is 14.0 Å². The van der Waals surface area contributed by atoms with Gasteiger partial charge in [0, 0.05) is 21.2 Å². The Morgan fingerprint density at radius 2 is 1.40 bits per heavy atom. The second-order valence-corrected chi connectivity index (χ2v) is 0.603. The maximum Gasteiger partial charge on any atom is 0.282 e. The summed E-state index contributed by atoms with van der Waals surface area (Å²) in [4.78, 5) is 0. The Labute approximate surface area is 41.9 Å². The van der Waals surface area contributed by atoms with Gasteiger partial charge >= 0.3 is 0 Å². The van der Waals surface area contributed by atoms with Gasteiger partial charge in [0.25, 0.3) is 10.8 Å². The zero-order valence-corrected chi connectivity index (χ0v) is 3.70. The van der Waals surface area contributed by atoms with Gasteiger partial charge in [0.15, 0.2) is 0 Å². The normalized spacial score (nSPS) is 7.20. The Hall–Kier alpha value is 0.664. The third-order valence-electron chi connectivity index (χ3n) is 0. The van der Waals surface area contributed by atoms with Crippen LogP contribution in [0.1, 0.15) is 0 Å². The van der Waals surface area contributed by atoms with Gasteiger partial charge in [-0.1, -0.05) is 0 Å². The molecule has 0 rings (SSSR count). The maximum atomic E-state index is 8.52. The molecule has 0 heterocycles. The third-order valence-corrected chi connectivity index (χ3v) is 0. The van der Waals surface area contributed by atoms with E-state index < -0.39 is 10.8 Å². The molecule has 36 valence electrons. The van der Waals surface area contributed by atoms with E-state index in [2.05, 4.69) is 0 Å². The van der Waals surface area contributed by atoms with Crippen LogP contribution in [0, 0.1) is 10.8 Å². The first-order chi connectivity index (χ1) is 1.73. The van der Waals surface area contributed by atoms with E-state index in [1.165, 1.54) is 0 Å². The van der Waals surface area contributed by atoms with E-state index in [0.29, 0.717) is 0 Å². The monoisotopic (exact) mass is 142 g/mol. The molecular formula is HClNiO3. The van der Waals surface area contributed by atoms with Crippen molar-refractivity contribution in [1.82, 2.24) is 0 Å². The molecule has 0 saturated carbocycles. The molecule has 5 heteroatoms. The summed E-state index contributed by atoms with van der Waals surface area (Å²) in [6.07, 6.45) is 0. The average molecular weight is 143 g/mol. The van der Waals surface area contributed by atoms with E-state index in [1.54, 1.807) is 0 Å². The van der Waals surface area contributed by atoms with Crippen LogP contribution in [0.4, 0.5) is 0 Å². The molecule has 0 aliphatic heterocycles. The molecule has 1 N–H and O–H groups in total. The molecule has 0 aromatic carbocycles. The van der Waals surface area contributed by atoms with Crippen LogP contribution in [-0.2, 0) is 16.5 Å². The van der Waals surface area contributed by atoms with Crippen LogP contribution in [0.25, 0.3) is 0 Å². The minimum atomic E-state index is -2.60. The van der Waals surface area contributed by atoms with E-state index in [-0.39, 0.29) is 16.5 Å². The van der Waals surface area contributed by atoms with Crippen molar-refractivity contribution < 1.29 is 41.3 Å². The largest absolute Gasteiger partial charge is 0.321 e. The first kappa shape index (κ1) is 9.18. The molecule has 0 bridgehead atoms. The summed E-state index contributed by atoms with van der Waals surface area (Å²) in [5.41, 5.74) is 0. The van der Waals surface area contributed by atoms with Gasteiger partial charge in [0.2, 0.25) is 0 Å². The zero-order valence-electron chi connectivity index (χ0n) is 1.96. The number of hydrogen-bond acceptors (Lipinski definition) is 3. The molecular weight excluding hydrogens is 142 g/mol. The molecule has 0 aliphatic carbocycles. The Morgan fingerprint density at radius 1 is 1.40 bits per heavy atom. The van der Waals surface area contributed by atoms with E-state index in [0.717, 1.165) is 0 Å². The van der Waals surface area contributed by atoms with Crippen molar-refractivity contribution in [2.45, 2.75) is 0 Å². The molecule has 0 unspecified atom stereocenters. The maximum absolute atomic E-state index is 8.52. The van der Waals surface area contributed by atoms with Crippen molar-refractivity contribution in [2.24, 2.45) is 0 Å². The van der Waals surface area contributed by atoms with E-state index in [1.807, 2.05) is 0 Å². The van der Waals surface area contributed by atoms with E-state index >= 15 is 0 Å². The van der Waals surface area contributed by atoms with Gasteiger partial charge < -0.3 is 9.32 Å². The quantitative estimate of drug-likeness (QED) is 0.369. The Kier molecular flexibility index (Phi) is 8.56. The number of hydrogen-bond donors (Lipinski definition) is 1. The van der Waals surface area contributed by atoms with Crippen molar-refractivity contribution in [1.29, 1.82) is 0 Å². The van der Waals surface area contributed by atoms with Gasteiger partial charge in [-0.25, -0.2) is 0 Å². The molecule has 0 radical (unpaired) electrons. The van der Waals surface area contributed by atoms with Crippen molar-refractivity contribution in [3.05, 3.63) is 0 Å². The van der Waals surface area contributed by atoms with Crippen LogP contribution < -0.4 is 9.32 Å². The molecule has 0 saturated heterocycles. The van der Waals surface area contributed by atoms with Gasteiger partial charge in [0.05, 0.1) is 0 Å². The standard InChI is InChI=1S/ClHO3.Ni/c2-1(3)4;/h2H;. The number of halogens is 1. The smallest absolute Gasteiger partial charge is 0.282 e. The predicted molar refractivity (Wildman–Crippen MR) is 2.22 cm³/mol. The van der Waals surface area contributed by atoms with Crippen molar-refractivity contribution in [3.63, 3.8) is 0 Å². The SMILES string of the molecule is [Ni].[O-][Cl+2]([O-])O. The van der Waals surface area contributed by atoms with Crippen LogP contribution in [-0.4, -0.2) is 4.66 Å². The van der Waals surface area contributed by atoms with E-state index in [9.17, 15) is 0 Å². The summed E-state index contributed by atoms with van der Waals surface area (Å²) in [6.45, 7) is 0. The summed E-state index contributed by atoms with van der Waals surface area (Å²) in [5.74, 6) is 0. The van der Waals surface area contributed by atoms with Crippen LogP contribution in [0.5, 0.6) is 0 Å². The third kappa shape index (κ3) is 75.2. The average Bonchev–Trinajstić information content (AvgIpc) is 0.811. The second kappa shape index (κ2) is 4.66. The summed E-state index contributed by atoms with van der Waals surface area (Å²) in [7, 11) is -2.60. The minimum Gasteiger partial charge on any atom is -0.321 e. The molecule has 0 aliphatic rings. The van der Waals surface area contributed by atoms with Crippen LogP contribution in [0.15, 0.2) is 0 Å². The fraction of sp³-hybridized carbons (Fsp3) is 0. The fourth-order valence-electron chi connectivity index (χ4n) is 0. The molecule has 3 nitrogen and oxygen atoms in total. The molecule has 0 aromatic heterocycles. The van der Waals surface area contributed by atoms with Crippen LogP contribution in [0.2, 0.25) is 0 Å². The first-order valence-corrected chi connectivity index (χ1v) is 1.43. The first-order valence-electron chi connectivity index (χ1n) is 0.478. The summed E-state index contributed by atoms with van der Waals surface area (Å²) in [5, 5.41) is 0. The van der Waals surface area contributed by atoms with Gasteiger partial charge in [-0.3, -0.25) is 0 Å².